The predicted molar refractivity (Wildman–Crippen MR) is 122 cm³/mol. The number of carbonyl (C=O) groups is 2. The van der Waals surface area contributed by atoms with Gasteiger partial charge in [0.25, 0.3) is 5.91 Å². The van der Waals surface area contributed by atoms with E-state index in [0.717, 1.165) is 34.5 Å². The van der Waals surface area contributed by atoms with Gasteiger partial charge in [-0.05, 0) is 60.9 Å². The van der Waals surface area contributed by atoms with Gasteiger partial charge in [0, 0.05) is 30.0 Å². The lowest BCUT2D eigenvalue weighted by Gasteiger charge is -2.18. The summed E-state index contributed by atoms with van der Waals surface area (Å²) in [5.74, 6) is 0.718. The van der Waals surface area contributed by atoms with E-state index in [2.05, 4.69) is 10.6 Å². The molecule has 1 aliphatic heterocycles. The molecule has 3 amide bonds. The normalized spacial score (nSPS) is 12.3. The van der Waals surface area contributed by atoms with Gasteiger partial charge in [0.1, 0.15) is 5.75 Å². The van der Waals surface area contributed by atoms with Gasteiger partial charge in [0.15, 0.2) is 0 Å². The first-order valence-electron chi connectivity index (χ1n) is 10.2. The number of anilines is 2. The van der Waals surface area contributed by atoms with Gasteiger partial charge < -0.3 is 20.3 Å². The van der Waals surface area contributed by atoms with Crippen LogP contribution in [-0.2, 0) is 13.0 Å². The molecule has 0 unspecified atom stereocenters. The van der Waals surface area contributed by atoms with Crippen molar-refractivity contribution in [2.24, 2.45) is 0 Å². The van der Waals surface area contributed by atoms with Crippen LogP contribution >= 0.6 is 0 Å². The van der Waals surface area contributed by atoms with Crippen LogP contribution in [0.2, 0.25) is 0 Å². The summed E-state index contributed by atoms with van der Waals surface area (Å²) in [5.41, 5.74) is 5.31. The molecule has 6 heteroatoms. The highest BCUT2D eigenvalue weighted by molar-refractivity contribution is 6.07. The zero-order valence-electron chi connectivity index (χ0n) is 17.6. The van der Waals surface area contributed by atoms with Gasteiger partial charge in [-0.2, -0.15) is 0 Å². The van der Waals surface area contributed by atoms with E-state index in [1.165, 1.54) is 0 Å². The van der Waals surface area contributed by atoms with E-state index in [4.69, 9.17) is 4.74 Å². The number of rotatable bonds is 5. The molecule has 0 atom stereocenters. The number of aryl methyl sites for hydroxylation is 1. The second-order valence-electron chi connectivity index (χ2n) is 7.58. The minimum absolute atomic E-state index is 0.0293. The molecule has 0 saturated carbocycles. The van der Waals surface area contributed by atoms with Gasteiger partial charge in [-0.1, -0.05) is 35.9 Å². The maximum absolute atomic E-state index is 13.0. The van der Waals surface area contributed by atoms with Crippen LogP contribution in [0.3, 0.4) is 0 Å². The molecular weight excluding hydrogens is 390 g/mol. The standard InChI is InChI=1S/C25H25N3O3/c1-17-6-8-20(9-7-17)24(29)28-13-12-19-10-11-21(15-23(19)28)27-25(30)26-16-18-4-3-5-22(14-18)31-2/h3-11,14-15H,12-13,16H2,1-2H3,(H2,26,27,30). The Labute approximate surface area is 181 Å². The van der Waals surface area contributed by atoms with Gasteiger partial charge in [-0.15, -0.1) is 0 Å². The molecule has 0 aliphatic carbocycles. The Kier molecular flexibility index (Phi) is 5.89. The molecular formula is C25H25N3O3. The Morgan fingerprint density at radius 2 is 1.84 bits per heavy atom. The van der Waals surface area contributed by atoms with E-state index in [-0.39, 0.29) is 11.9 Å². The van der Waals surface area contributed by atoms with E-state index < -0.39 is 0 Å². The van der Waals surface area contributed by atoms with Gasteiger partial charge in [0.05, 0.1) is 7.11 Å². The van der Waals surface area contributed by atoms with Crippen LogP contribution in [0.5, 0.6) is 5.75 Å². The quantitative estimate of drug-likeness (QED) is 0.643. The molecule has 0 bridgehead atoms. The summed E-state index contributed by atoms with van der Waals surface area (Å²) in [6, 6.07) is 20.5. The first kappa shape index (κ1) is 20.5. The van der Waals surface area contributed by atoms with Crippen molar-refractivity contribution in [2.75, 3.05) is 23.9 Å². The molecule has 158 valence electrons. The molecule has 0 spiro atoms. The highest BCUT2D eigenvalue weighted by Crippen LogP contribution is 2.32. The Morgan fingerprint density at radius 1 is 1.03 bits per heavy atom. The van der Waals surface area contributed by atoms with Crippen LogP contribution in [0, 0.1) is 6.92 Å². The van der Waals surface area contributed by atoms with E-state index in [9.17, 15) is 9.59 Å². The molecule has 0 saturated heterocycles. The van der Waals surface area contributed by atoms with Crippen LogP contribution in [0.15, 0.2) is 66.7 Å². The molecule has 3 aromatic rings. The number of urea groups is 1. The number of carbonyl (C=O) groups excluding carboxylic acids is 2. The molecule has 6 nitrogen and oxygen atoms in total. The Hall–Kier alpha value is -3.80. The number of hydrogen-bond donors (Lipinski definition) is 2. The fraction of sp³-hybridized carbons (Fsp3) is 0.200. The number of methoxy groups -OCH3 is 1. The van der Waals surface area contributed by atoms with E-state index >= 15 is 0 Å². The molecule has 31 heavy (non-hydrogen) atoms. The number of ether oxygens (including phenoxy) is 1. The molecule has 0 fully saturated rings. The summed E-state index contributed by atoms with van der Waals surface area (Å²) >= 11 is 0. The molecule has 0 radical (unpaired) electrons. The number of hydrogen-bond acceptors (Lipinski definition) is 3. The average Bonchev–Trinajstić information content (AvgIpc) is 3.21. The largest absolute Gasteiger partial charge is 0.497 e. The number of nitrogens with one attached hydrogen (secondary N) is 2. The number of amides is 3. The number of benzene rings is 3. The van der Waals surface area contributed by atoms with Gasteiger partial charge in [-0.3, -0.25) is 4.79 Å². The molecule has 3 aromatic carbocycles. The SMILES string of the molecule is COc1cccc(CNC(=O)Nc2ccc3c(c2)N(C(=O)c2ccc(C)cc2)CC3)c1. The van der Waals surface area contributed by atoms with Crippen molar-refractivity contribution >= 4 is 23.3 Å². The first-order valence-corrected chi connectivity index (χ1v) is 10.2. The summed E-state index contributed by atoms with van der Waals surface area (Å²) < 4.78 is 5.21. The lowest BCUT2D eigenvalue weighted by atomic mass is 10.1. The smallest absolute Gasteiger partial charge is 0.319 e. The van der Waals surface area contributed by atoms with Gasteiger partial charge >= 0.3 is 6.03 Å². The third kappa shape index (κ3) is 4.69. The molecule has 4 rings (SSSR count). The van der Waals surface area contributed by atoms with Crippen LogP contribution in [0.4, 0.5) is 16.2 Å². The Balaban J connectivity index is 1.42. The predicted octanol–water partition coefficient (Wildman–Crippen LogP) is 4.53. The second-order valence-corrected chi connectivity index (χ2v) is 7.58. The van der Waals surface area contributed by atoms with E-state index in [1.54, 1.807) is 12.0 Å². The minimum atomic E-state index is -0.308. The van der Waals surface area contributed by atoms with Gasteiger partial charge in [-0.25, -0.2) is 4.79 Å². The van der Waals surface area contributed by atoms with Crippen LogP contribution in [0.1, 0.15) is 27.0 Å². The summed E-state index contributed by atoms with van der Waals surface area (Å²) in [6.45, 7) is 3.01. The summed E-state index contributed by atoms with van der Waals surface area (Å²) in [7, 11) is 1.61. The van der Waals surface area contributed by atoms with Crippen molar-refractivity contribution in [3.05, 3.63) is 89.0 Å². The molecule has 1 aliphatic rings. The monoisotopic (exact) mass is 415 g/mol. The number of fused-ring (bicyclic) bond motifs is 1. The van der Waals surface area contributed by atoms with Crippen LogP contribution in [-0.4, -0.2) is 25.6 Å². The zero-order valence-corrected chi connectivity index (χ0v) is 17.6. The topological polar surface area (TPSA) is 70.7 Å². The van der Waals surface area contributed by atoms with Gasteiger partial charge in [0.2, 0.25) is 0 Å². The molecule has 2 N–H and O–H groups in total. The summed E-state index contributed by atoms with van der Waals surface area (Å²) in [6.07, 6.45) is 0.801. The van der Waals surface area contributed by atoms with Crippen molar-refractivity contribution < 1.29 is 14.3 Å². The maximum Gasteiger partial charge on any atom is 0.319 e. The van der Waals surface area contributed by atoms with Crippen molar-refractivity contribution in [3.63, 3.8) is 0 Å². The van der Waals surface area contributed by atoms with Crippen molar-refractivity contribution in [1.29, 1.82) is 0 Å². The highest BCUT2D eigenvalue weighted by Gasteiger charge is 2.26. The van der Waals surface area contributed by atoms with Crippen LogP contribution < -0.4 is 20.3 Å². The minimum Gasteiger partial charge on any atom is -0.497 e. The average molecular weight is 415 g/mol. The third-order valence-corrected chi connectivity index (χ3v) is 5.37. The zero-order chi connectivity index (χ0) is 21.8. The molecule has 0 aromatic heterocycles. The lowest BCUT2D eigenvalue weighted by molar-refractivity contribution is 0.0989. The molecule has 1 heterocycles. The fourth-order valence-corrected chi connectivity index (χ4v) is 3.66. The van der Waals surface area contributed by atoms with E-state index in [1.807, 2.05) is 73.7 Å². The first-order chi connectivity index (χ1) is 15.0. The Morgan fingerprint density at radius 3 is 2.61 bits per heavy atom. The highest BCUT2D eigenvalue weighted by atomic mass is 16.5. The second kappa shape index (κ2) is 8.92. The summed E-state index contributed by atoms with van der Waals surface area (Å²) in [5, 5.41) is 5.70. The lowest BCUT2D eigenvalue weighted by Crippen LogP contribution is -2.29. The number of nitrogens with zero attached hydrogens (tertiary/aromatic N) is 1. The fourth-order valence-electron chi connectivity index (χ4n) is 3.66. The van der Waals surface area contributed by atoms with Crippen molar-refractivity contribution in [3.8, 4) is 5.75 Å². The van der Waals surface area contributed by atoms with Crippen molar-refractivity contribution in [1.82, 2.24) is 5.32 Å². The van der Waals surface area contributed by atoms with Crippen molar-refractivity contribution in [2.45, 2.75) is 19.9 Å². The maximum atomic E-state index is 13.0. The van der Waals surface area contributed by atoms with Crippen LogP contribution in [0.25, 0.3) is 0 Å². The third-order valence-electron chi connectivity index (χ3n) is 5.37. The van der Waals surface area contributed by atoms with E-state index in [0.29, 0.717) is 24.3 Å². The Bertz CT molecular complexity index is 1110. The summed E-state index contributed by atoms with van der Waals surface area (Å²) in [4.78, 5) is 27.1.